The van der Waals surface area contributed by atoms with Crippen molar-refractivity contribution in [2.45, 2.75) is 25.7 Å². The molecular formula is C9H15N3O2. The number of aromatic amines is 1. The lowest BCUT2D eigenvalue weighted by Crippen LogP contribution is -2.22. The molecule has 78 valence electrons. The molecule has 5 heteroatoms. The minimum atomic E-state index is -0.609. The Hall–Kier alpha value is -0.910. The Morgan fingerprint density at radius 1 is 1.50 bits per heavy atom. The van der Waals surface area contributed by atoms with Gasteiger partial charge in [0.1, 0.15) is 0 Å². The van der Waals surface area contributed by atoms with Gasteiger partial charge in [-0.3, -0.25) is 10.00 Å². The van der Waals surface area contributed by atoms with Crippen molar-refractivity contribution >= 4 is 0 Å². The maximum atomic E-state index is 9.35. The van der Waals surface area contributed by atoms with Gasteiger partial charge in [-0.05, 0) is 6.92 Å². The molecule has 0 spiro atoms. The first kappa shape index (κ1) is 9.64. The van der Waals surface area contributed by atoms with Crippen molar-refractivity contribution in [3.8, 4) is 0 Å². The van der Waals surface area contributed by atoms with Crippen molar-refractivity contribution in [2.75, 3.05) is 13.1 Å². The van der Waals surface area contributed by atoms with E-state index >= 15 is 0 Å². The van der Waals surface area contributed by atoms with Gasteiger partial charge in [0.2, 0.25) is 0 Å². The topological polar surface area (TPSA) is 72.4 Å². The molecule has 14 heavy (non-hydrogen) atoms. The van der Waals surface area contributed by atoms with Crippen LogP contribution in [0, 0.1) is 6.92 Å². The second-order valence-electron chi connectivity index (χ2n) is 3.85. The van der Waals surface area contributed by atoms with Gasteiger partial charge in [-0.2, -0.15) is 5.10 Å². The summed E-state index contributed by atoms with van der Waals surface area (Å²) >= 11 is 0. The number of aryl methyl sites for hydroxylation is 1. The number of aliphatic hydroxyl groups excluding tert-OH is 2. The average molecular weight is 197 g/mol. The van der Waals surface area contributed by atoms with Crippen LogP contribution in [0.4, 0.5) is 0 Å². The van der Waals surface area contributed by atoms with Gasteiger partial charge >= 0.3 is 0 Å². The van der Waals surface area contributed by atoms with Gasteiger partial charge in [0.25, 0.3) is 0 Å². The van der Waals surface area contributed by atoms with Crippen LogP contribution in [0.15, 0.2) is 6.20 Å². The normalized spacial score (nSPS) is 28.5. The molecule has 1 aromatic rings. The Labute approximate surface area is 82.4 Å². The van der Waals surface area contributed by atoms with Crippen molar-refractivity contribution in [3.05, 3.63) is 17.5 Å². The maximum absolute atomic E-state index is 9.35. The number of hydrogen-bond acceptors (Lipinski definition) is 4. The number of likely N-dealkylation sites (tertiary alicyclic amines) is 1. The quantitative estimate of drug-likeness (QED) is 0.583. The lowest BCUT2D eigenvalue weighted by atomic mass is 10.2. The van der Waals surface area contributed by atoms with Gasteiger partial charge in [-0.1, -0.05) is 0 Å². The van der Waals surface area contributed by atoms with E-state index in [4.69, 9.17) is 0 Å². The lowest BCUT2D eigenvalue weighted by molar-refractivity contribution is 0.0572. The Morgan fingerprint density at radius 2 is 2.14 bits per heavy atom. The van der Waals surface area contributed by atoms with Crippen LogP contribution in [0.3, 0.4) is 0 Å². The molecule has 0 bridgehead atoms. The lowest BCUT2D eigenvalue weighted by Gasteiger charge is -2.13. The van der Waals surface area contributed by atoms with Crippen LogP contribution in [0.25, 0.3) is 0 Å². The van der Waals surface area contributed by atoms with E-state index in [1.165, 1.54) is 0 Å². The van der Waals surface area contributed by atoms with Gasteiger partial charge in [-0.25, -0.2) is 0 Å². The van der Waals surface area contributed by atoms with E-state index in [0.29, 0.717) is 13.1 Å². The van der Waals surface area contributed by atoms with Crippen LogP contribution in [0.2, 0.25) is 0 Å². The van der Waals surface area contributed by atoms with Crippen molar-refractivity contribution in [2.24, 2.45) is 0 Å². The third-order valence-electron chi connectivity index (χ3n) is 2.66. The molecule has 0 amide bonds. The summed E-state index contributed by atoms with van der Waals surface area (Å²) in [6.07, 6.45) is 0.566. The van der Waals surface area contributed by atoms with Crippen molar-refractivity contribution in [1.29, 1.82) is 0 Å². The number of β-amino-alcohol motifs (C(OH)–C–C–N with tert-alkyl or cyclic N) is 2. The highest BCUT2D eigenvalue weighted by Gasteiger charge is 2.29. The maximum Gasteiger partial charge on any atom is 0.0938 e. The number of H-pyrrole nitrogens is 1. The van der Waals surface area contributed by atoms with Crippen LogP contribution in [0.1, 0.15) is 11.3 Å². The minimum Gasteiger partial charge on any atom is -0.389 e. The number of aromatic nitrogens is 2. The molecule has 1 aliphatic heterocycles. The van der Waals surface area contributed by atoms with E-state index in [1.807, 2.05) is 11.8 Å². The summed E-state index contributed by atoms with van der Waals surface area (Å²) in [5, 5.41) is 25.5. The van der Waals surface area contributed by atoms with Crippen LogP contribution < -0.4 is 0 Å². The molecule has 0 radical (unpaired) electrons. The molecule has 1 aromatic heterocycles. The third-order valence-corrected chi connectivity index (χ3v) is 2.66. The molecule has 2 heterocycles. The van der Waals surface area contributed by atoms with Gasteiger partial charge in [0, 0.05) is 30.9 Å². The summed E-state index contributed by atoms with van der Waals surface area (Å²) in [4.78, 5) is 2.02. The summed E-state index contributed by atoms with van der Waals surface area (Å²) in [7, 11) is 0. The number of nitrogens with one attached hydrogen (secondary N) is 1. The Kier molecular flexibility index (Phi) is 2.54. The summed E-state index contributed by atoms with van der Waals surface area (Å²) < 4.78 is 0. The molecule has 3 N–H and O–H groups in total. The molecule has 0 unspecified atom stereocenters. The van der Waals surface area contributed by atoms with E-state index in [0.717, 1.165) is 17.8 Å². The van der Waals surface area contributed by atoms with E-state index in [1.54, 1.807) is 6.20 Å². The fraction of sp³-hybridized carbons (Fsp3) is 0.667. The highest BCUT2D eigenvalue weighted by molar-refractivity contribution is 5.14. The van der Waals surface area contributed by atoms with E-state index in [9.17, 15) is 10.2 Å². The molecular weight excluding hydrogens is 182 g/mol. The standard InChI is InChI=1S/C9H15N3O2/c1-6-7(2-10-11-6)3-12-4-8(13)9(14)5-12/h2,8-9,13-14H,3-5H2,1H3,(H,10,11)/t8-,9-/m0/s1. The highest BCUT2D eigenvalue weighted by Crippen LogP contribution is 2.14. The smallest absolute Gasteiger partial charge is 0.0938 e. The first-order valence-corrected chi connectivity index (χ1v) is 4.74. The predicted molar refractivity (Wildman–Crippen MR) is 50.6 cm³/mol. The molecule has 0 aromatic carbocycles. The monoisotopic (exact) mass is 197 g/mol. The van der Waals surface area contributed by atoms with Gasteiger partial charge < -0.3 is 10.2 Å². The van der Waals surface area contributed by atoms with Crippen LogP contribution in [-0.2, 0) is 6.54 Å². The fourth-order valence-electron chi connectivity index (χ4n) is 1.75. The third kappa shape index (κ3) is 1.79. The van der Waals surface area contributed by atoms with Crippen LogP contribution in [0.5, 0.6) is 0 Å². The van der Waals surface area contributed by atoms with E-state index in [-0.39, 0.29) is 0 Å². The second kappa shape index (κ2) is 3.68. The van der Waals surface area contributed by atoms with Crippen molar-refractivity contribution < 1.29 is 10.2 Å². The molecule has 5 nitrogen and oxygen atoms in total. The summed E-state index contributed by atoms with van der Waals surface area (Å²) in [5.74, 6) is 0. The fourth-order valence-corrected chi connectivity index (χ4v) is 1.75. The summed E-state index contributed by atoms with van der Waals surface area (Å²) in [6.45, 7) is 3.76. The first-order valence-electron chi connectivity index (χ1n) is 4.74. The molecule has 1 saturated heterocycles. The largest absolute Gasteiger partial charge is 0.389 e. The minimum absolute atomic E-state index is 0.534. The number of rotatable bonds is 2. The van der Waals surface area contributed by atoms with E-state index in [2.05, 4.69) is 10.2 Å². The zero-order valence-corrected chi connectivity index (χ0v) is 8.14. The SMILES string of the molecule is Cc1[nH]ncc1CN1C[C@H](O)[C@@H](O)C1. The first-order chi connectivity index (χ1) is 6.66. The molecule has 1 aliphatic rings. The zero-order valence-electron chi connectivity index (χ0n) is 8.14. The Morgan fingerprint density at radius 3 is 2.64 bits per heavy atom. The van der Waals surface area contributed by atoms with Crippen LogP contribution >= 0.6 is 0 Å². The molecule has 2 atom stereocenters. The molecule has 0 aliphatic carbocycles. The van der Waals surface area contributed by atoms with Gasteiger partial charge in [-0.15, -0.1) is 0 Å². The van der Waals surface area contributed by atoms with Crippen LogP contribution in [-0.4, -0.2) is 50.6 Å². The number of aliphatic hydroxyl groups is 2. The van der Waals surface area contributed by atoms with Crippen molar-refractivity contribution in [1.82, 2.24) is 15.1 Å². The molecule has 1 fully saturated rings. The Bertz CT molecular complexity index is 303. The zero-order chi connectivity index (χ0) is 10.1. The molecule has 2 rings (SSSR count). The van der Waals surface area contributed by atoms with Crippen molar-refractivity contribution in [3.63, 3.8) is 0 Å². The van der Waals surface area contributed by atoms with Gasteiger partial charge in [0.05, 0.1) is 18.4 Å². The second-order valence-corrected chi connectivity index (χ2v) is 3.85. The number of nitrogens with zero attached hydrogens (tertiary/aromatic N) is 2. The highest BCUT2D eigenvalue weighted by atomic mass is 16.3. The van der Waals surface area contributed by atoms with Gasteiger partial charge in [0.15, 0.2) is 0 Å². The Balaban J connectivity index is 1.97. The average Bonchev–Trinajstić information content (AvgIpc) is 2.63. The summed E-state index contributed by atoms with van der Waals surface area (Å²) in [5.41, 5.74) is 2.16. The van der Waals surface area contributed by atoms with E-state index < -0.39 is 12.2 Å². The summed E-state index contributed by atoms with van der Waals surface area (Å²) in [6, 6.07) is 0. The predicted octanol–water partition coefficient (Wildman–Crippen LogP) is -0.744. The number of hydrogen-bond donors (Lipinski definition) is 3. The molecule has 0 saturated carbocycles.